The van der Waals surface area contributed by atoms with Crippen LogP contribution in [0.2, 0.25) is 0 Å². The first-order chi connectivity index (χ1) is 17.7. The Bertz CT molecular complexity index is 457. The summed E-state index contributed by atoms with van der Waals surface area (Å²) in [5.74, 6) is 0.0321. The van der Waals surface area contributed by atoms with E-state index in [1.807, 2.05) is 4.90 Å². The van der Waals surface area contributed by atoms with Crippen LogP contribution in [-0.4, -0.2) is 49.5 Å². The minimum Gasteiger partial charge on any atom is -0.462 e. The predicted octanol–water partition coefficient (Wildman–Crippen LogP) is 8.65. The standard InChI is InChI=1S/C31H63N3O2/c1-4-7-9-11-14-18-23-30(24-19-15-12-10-8-5-2)36-31(35)25-20-16-13-17-21-26-33-27-22-28-34(6-3)29-32/h29-30,32-33H,4-28H2,1-3H3. The minimum absolute atomic E-state index is 0.0321. The highest BCUT2D eigenvalue weighted by molar-refractivity contribution is 5.69. The fourth-order valence-corrected chi connectivity index (χ4v) is 4.71. The van der Waals surface area contributed by atoms with Gasteiger partial charge in [0.15, 0.2) is 0 Å². The number of rotatable bonds is 29. The number of nitrogens with one attached hydrogen (secondary N) is 2. The number of carbonyl (C=O) groups excluding carboxylic acids is 1. The number of ether oxygens (including phenoxy) is 1. The molecule has 36 heavy (non-hydrogen) atoms. The Morgan fingerprint density at radius 3 is 1.78 bits per heavy atom. The lowest BCUT2D eigenvalue weighted by atomic mass is 10.0. The summed E-state index contributed by atoms with van der Waals surface area (Å²) in [4.78, 5) is 14.5. The number of hydrogen-bond acceptors (Lipinski definition) is 4. The van der Waals surface area contributed by atoms with Crippen molar-refractivity contribution in [2.75, 3.05) is 26.2 Å². The second-order valence-electron chi connectivity index (χ2n) is 10.6. The zero-order chi connectivity index (χ0) is 26.5. The number of esters is 1. The Hall–Kier alpha value is -1.10. The molecule has 0 bridgehead atoms. The van der Waals surface area contributed by atoms with E-state index in [9.17, 15) is 4.79 Å². The molecule has 0 aliphatic rings. The second kappa shape index (κ2) is 28.5. The van der Waals surface area contributed by atoms with E-state index in [4.69, 9.17) is 10.1 Å². The van der Waals surface area contributed by atoms with Gasteiger partial charge in [-0.25, -0.2) is 0 Å². The molecule has 0 saturated heterocycles. The van der Waals surface area contributed by atoms with Crippen LogP contribution in [0, 0.1) is 5.41 Å². The van der Waals surface area contributed by atoms with Gasteiger partial charge in [0, 0.05) is 19.5 Å². The number of nitrogens with zero attached hydrogens (tertiary/aromatic N) is 1. The summed E-state index contributed by atoms with van der Waals surface area (Å²) in [6.07, 6.45) is 26.6. The first-order valence-corrected chi connectivity index (χ1v) is 15.8. The lowest BCUT2D eigenvalue weighted by Gasteiger charge is -2.18. The van der Waals surface area contributed by atoms with Gasteiger partial charge >= 0.3 is 5.97 Å². The highest BCUT2D eigenvalue weighted by Gasteiger charge is 2.14. The van der Waals surface area contributed by atoms with Crippen molar-refractivity contribution in [2.45, 2.75) is 162 Å². The SMILES string of the molecule is CCCCCCCCC(CCCCCCCC)OC(=O)CCCCCCCNCCCN(C=N)CC. The molecule has 0 fully saturated rings. The van der Waals surface area contributed by atoms with Crippen LogP contribution in [-0.2, 0) is 9.53 Å². The van der Waals surface area contributed by atoms with E-state index in [1.54, 1.807) is 0 Å². The third-order valence-electron chi connectivity index (χ3n) is 7.18. The zero-order valence-corrected chi connectivity index (χ0v) is 24.6. The molecule has 0 aromatic carbocycles. The number of carbonyl (C=O) groups is 1. The monoisotopic (exact) mass is 509 g/mol. The zero-order valence-electron chi connectivity index (χ0n) is 24.6. The molecule has 0 spiro atoms. The summed E-state index contributed by atoms with van der Waals surface area (Å²) < 4.78 is 5.96. The topological polar surface area (TPSA) is 65.4 Å². The average molecular weight is 510 g/mol. The van der Waals surface area contributed by atoms with Gasteiger partial charge in [0.2, 0.25) is 0 Å². The van der Waals surface area contributed by atoms with Crippen LogP contribution in [0.15, 0.2) is 0 Å². The van der Waals surface area contributed by atoms with Gasteiger partial charge in [-0.1, -0.05) is 97.3 Å². The third-order valence-corrected chi connectivity index (χ3v) is 7.18. The molecule has 2 N–H and O–H groups in total. The summed E-state index contributed by atoms with van der Waals surface area (Å²) in [7, 11) is 0. The summed E-state index contributed by atoms with van der Waals surface area (Å²) in [5.41, 5.74) is 0. The van der Waals surface area contributed by atoms with Crippen LogP contribution in [0.5, 0.6) is 0 Å². The first-order valence-electron chi connectivity index (χ1n) is 15.8. The molecule has 0 amide bonds. The van der Waals surface area contributed by atoms with Gasteiger partial charge in [-0.3, -0.25) is 10.2 Å². The molecule has 0 radical (unpaired) electrons. The van der Waals surface area contributed by atoms with Crippen molar-refractivity contribution >= 4 is 12.3 Å². The van der Waals surface area contributed by atoms with E-state index >= 15 is 0 Å². The number of unbranched alkanes of at least 4 members (excludes halogenated alkanes) is 14. The molecule has 0 heterocycles. The summed E-state index contributed by atoms with van der Waals surface area (Å²) in [6, 6.07) is 0. The smallest absolute Gasteiger partial charge is 0.306 e. The van der Waals surface area contributed by atoms with E-state index < -0.39 is 0 Å². The molecular weight excluding hydrogens is 446 g/mol. The van der Waals surface area contributed by atoms with Gasteiger partial charge in [0.25, 0.3) is 0 Å². The van der Waals surface area contributed by atoms with Crippen molar-refractivity contribution < 1.29 is 9.53 Å². The maximum atomic E-state index is 12.5. The fourth-order valence-electron chi connectivity index (χ4n) is 4.71. The van der Waals surface area contributed by atoms with Crippen LogP contribution in [0.25, 0.3) is 0 Å². The highest BCUT2D eigenvalue weighted by Crippen LogP contribution is 2.18. The van der Waals surface area contributed by atoms with Crippen LogP contribution < -0.4 is 5.32 Å². The van der Waals surface area contributed by atoms with Gasteiger partial charge in [-0.2, -0.15) is 0 Å². The average Bonchev–Trinajstić information content (AvgIpc) is 2.88. The van der Waals surface area contributed by atoms with Crippen LogP contribution >= 0.6 is 0 Å². The highest BCUT2D eigenvalue weighted by atomic mass is 16.5. The minimum atomic E-state index is 0.0321. The molecule has 0 rings (SSSR count). The first kappa shape index (κ1) is 34.9. The lowest BCUT2D eigenvalue weighted by molar-refractivity contribution is -0.150. The Morgan fingerprint density at radius 1 is 0.722 bits per heavy atom. The second-order valence-corrected chi connectivity index (χ2v) is 10.6. The molecule has 0 saturated carbocycles. The third kappa shape index (κ3) is 24.6. The van der Waals surface area contributed by atoms with Crippen molar-refractivity contribution in [3.8, 4) is 0 Å². The van der Waals surface area contributed by atoms with E-state index in [-0.39, 0.29) is 12.1 Å². The molecule has 5 nitrogen and oxygen atoms in total. The molecule has 0 atom stereocenters. The van der Waals surface area contributed by atoms with Crippen molar-refractivity contribution in [1.29, 1.82) is 5.41 Å². The van der Waals surface area contributed by atoms with Crippen LogP contribution in [0.3, 0.4) is 0 Å². The normalized spacial score (nSPS) is 11.2. The number of hydrogen-bond donors (Lipinski definition) is 2. The molecule has 5 heteroatoms. The van der Waals surface area contributed by atoms with Crippen molar-refractivity contribution in [2.24, 2.45) is 0 Å². The molecule has 214 valence electrons. The molecule has 0 aliphatic carbocycles. The lowest BCUT2D eigenvalue weighted by Crippen LogP contribution is -2.26. The van der Waals surface area contributed by atoms with E-state index in [0.717, 1.165) is 58.3 Å². The van der Waals surface area contributed by atoms with Gasteiger partial charge in [-0.15, -0.1) is 0 Å². The largest absolute Gasteiger partial charge is 0.462 e. The molecule has 0 aromatic heterocycles. The maximum absolute atomic E-state index is 12.5. The van der Waals surface area contributed by atoms with Crippen molar-refractivity contribution in [3.05, 3.63) is 0 Å². The van der Waals surface area contributed by atoms with E-state index in [0.29, 0.717) is 6.42 Å². The van der Waals surface area contributed by atoms with E-state index in [1.165, 1.54) is 103 Å². The van der Waals surface area contributed by atoms with Gasteiger partial charge in [0.1, 0.15) is 6.10 Å². The summed E-state index contributed by atoms with van der Waals surface area (Å²) >= 11 is 0. The molecule has 0 aliphatic heterocycles. The fraction of sp³-hybridized carbons (Fsp3) is 0.935. The predicted molar refractivity (Wildman–Crippen MR) is 157 cm³/mol. The molecular formula is C31H63N3O2. The van der Waals surface area contributed by atoms with Crippen molar-refractivity contribution in [3.63, 3.8) is 0 Å². The Morgan fingerprint density at radius 2 is 1.22 bits per heavy atom. The quantitative estimate of drug-likeness (QED) is 0.0458. The van der Waals surface area contributed by atoms with Crippen molar-refractivity contribution in [1.82, 2.24) is 10.2 Å². The Balaban J connectivity index is 3.87. The van der Waals surface area contributed by atoms with Crippen LogP contribution in [0.1, 0.15) is 156 Å². The Kier molecular flexibility index (Phi) is 27.6. The van der Waals surface area contributed by atoms with Gasteiger partial charge in [0.05, 0.1) is 6.34 Å². The van der Waals surface area contributed by atoms with Gasteiger partial charge in [-0.05, 0) is 65.0 Å². The summed E-state index contributed by atoms with van der Waals surface area (Å²) in [5, 5.41) is 10.8. The molecule has 0 aromatic rings. The van der Waals surface area contributed by atoms with E-state index in [2.05, 4.69) is 26.1 Å². The maximum Gasteiger partial charge on any atom is 0.306 e. The summed E-state index contributed by atoms with van der Waals surface area (Å²) in [6.45, 7) is 10.6. The van der Waals surface area contributed by atoms with Crippen LogP contribution in [0.4, 0.5) is 0 Å². The van der Waals surface area contributed by atoms with Gasteiger partial charge < -0.3 is 15.0 Å². The molecule has 0 unspecified atom stereocenters. The Labute approximate surface area is 225 Å².